The number of aromatic nitrogens is 2. The first kappa shape index (κ1) is 16.7. The largest absolute Gasteiger partial charge is 0.441 e. The summed E-state index contributed by atoms with van der Waals surface area (Å²) in [5, 5.41) is 7.63. The highest BCUT2D eigenvalue weighted by Crippen LogP contribution is 2.35. The summed E-state index contributed by atoms with van der Waals surface area (Å²) in [7, 11) is 0. The first-order valence-corrected chi connectivity index (χ1v) is 8.61. The van der Waals surface area contributed by atoms with E-state index in [9.17, 15) is 9.59 Å². The third kappa shape index (κ3) is 3.20. The van der Waals surface area contributed by atoms with Crippen LogP contribution < -0.4 is 0 Å². The zero-order valence-corrected chi connectivity index (χ0v) is 14.3. The fourth-order valence-electron chi connectivity index (χ4n) is 3.52. The Morgan fingerprint density at radius 3 is 2.79 bits per heavy atom. The summed E-state index contributed by atoms with van der Waals surface area (Å²) in [6, 6.07) is 3.57. The lowest BCUT2D eigenvalue weighted by atomic mass is 9.90. The third-order valence-corrected chi connectivity index (χ3v) is 4.99. The van der Waals surface area contributed by atoms with E-state index in [0.29, 0.717) is 38.2 Å². The maximum Gasteiger partial charge on any atom is 0.410 e. The van der Waals surface area contributed by atoms with Crippen molar-refractivity contribution in [3.05, 3.63) is 24.0 Å². The SMILES string of the molecule is CCCC(C)N1CC2(CCN(C(=O)c3cccnn3)CC2)OC1=O. The van der Waals surface area contributed by atoms with Gasteiger partial charge in [0, 0.05) is 38.2 Å². The molecule has 24 heavy (non-hydrogen) atoms. The van der Waals surface area contributed by atoms with Gasteiger partial charge in [0.2, 0.25) is 0 Å². The number of ether oxygens (including phenoxy) is 1. The molecule has 0 aromatic carbocycles. The predicted octanol–water partition coefficient (Wildman–Crippen LogP) is 2.09. The van der Waals surface area contributed by atoms with Crippen molar-refractivity contribution in [2.75, 3.05) is 19.6 Å². The van der Waals surface area contributed by atoms with Crippen LogP contribution in [0.2, 0.25) is 0 Å². The van der Waals surface area contributed by atoms with E-state index in [1.54, 1.807) is 23.2 Å². The number of likely N-dealkylation sites (tertiary alicyclic amines) is 1. The third-order valence-electron chi connectivity index (χ3n) is 4.99. The topological polar surface area (TPSA) is 75.6 Å². The van der Waals surface area contributed by atoms with E-state index in [1.165, 1.54) is 0 Å². The number of rotatable bonds is 4. The lowest BCUT2D eigenvalue weighted by Gasteiger charge is -2.37. The van der Waals surface area contributed by atoms with Crippen LogP contribution in [0.1, 0.15) is 50.0 Å². The van der Waals surface area contributed by atoms with Crippen LogP contribution in [0.25, 0.3) is 0 Å². The molecule has 1 aromatic heterocycles. The maximum atomic E-state index is 12.4. The zero-order chi connectivity index (χ0) is 17.2. The summed E-state index contributed by atoms with van der Waals surface area (Å²) in [5.74, 6) is -0.113. The number of hydrogen-bond donors (Lipinski definition) is 0. The van der Waals surface area contributed by atoms with Crippen LogP contribution in [0.15, 0.2) is 18.3 Å². The molecule has 1 aromatic rings. The van der Waals surface area contributed by atoms with Crippen LogP contribution in [-0.4, -0.2) is 63.3 Å². The Morgan fingerprint density at radius 2 is 2.17 bits per heavy atom. The summed E-state index contributed by atoms with van der Waals surface area (Å²) in [5.41, 5.74) is -0.0897. The molecular weight excluding hydrogens is 308 g/mol. The van der Waals surface area contributed by atoms with Crippen molar-refractivity contribution in [3.63, 3.8) is 0 Å². The fourth-order valence-corrected chi connectivity index (χ4v) is 3.52. The Bertz CT molecular complexity index is 599. The van der Waals surface area contributed by atoms with E-state index in [-0.39, 0.29) is 18.0 Å². The lowest BCUT2D eigenvalue weighted by molar-refractivity contribution is 0.00286. The van der Waals surface area contributed by atoms with Crippen molar-refractivity contribution in [3.8, 4) is 0 Å². The number of piperidine rings is 1. The highest BCUT2D eigenvalue weighted by molar-refractivity contribution is 5.92. The Balaban J connectivity index is 1.61. The Hall–Kier alpha value is -2.18. The van der Waals surface area contributed by atoms with Gasteiger partial charge < -0.3 is 14.5 Å². The Labute approximate surface area is 142 Å². The molecule has 3 rings (SSSR count). The molecular formula is C17H24N4O3. The van der Waals surface area contributed by atoms with Crippen LogP contribution in [0, 0.1) is 0 Å². The summed E-state index contributed by atoms with van der Waals surface area (Å²) >= 11 is 0. The van der Waals surface area contributed by atoms with E-state index in [1.807, 2.05) is 4.90 Å². The monoisotopic (exact) mass is 332 g/mol. The second-order valence-electron chi connectivity index (χ2n) is 6.72. The van der Waals surface area contributed by atoms with Gasteiger partial charge in [-0.2, -0.15) is 5.10 Å². The molecule has 1 spiro atoms. The quantitative estimate of drug-likeness (QED) is 0.844. The molecule has 2 fully saturated rings. The van der Waals surface area contributed by atoms with Crippen molar-refractivity contribution < 1.29 is 14.3 Å². The lowest BCUT2D eigenvalue weighted by Crippen LogP contribution is -2.49. The summed E-state index contributed by atoms with van der Waals surface area (Å²) in [6.45, 7) is 5.94. The van der Waals surface area contributed by atoms with Gasteiger partial charge in [-0.1, -0.05) is 13.3 Å². The van der Waals surface area contributed by atoms with Gasteiger partial charge in [-0.3, -0.25) is 4.79 Å². The summed E-state index contributed by atoms with van der Waals surface area (Å²) < 4.78 is 5.72. The molecule has 0 saturated carbocycles. The molecule has 2 aliphatic rings. The zero-order valence-electron chi connectivity index (χ0n) is 14.3. The van der Waals surface area contributed by atoms with Crippen molar-refractivity contribution >= 4 is 12.0 Å². The van der Waals surface area contributed by atoms with Gasteiger partial charge in [0.05, 0.1) is 6.54 Å². The molecule has 3 heterocycles. The van der Waals surface area contributed by atoms with Crippen molar-refractivity contribution in [1.82, 2.24) is 20.0 Å². The normalized spacial score (nSPS) is 21.0. The molecule has 2 amide bonds. The minimum Gasteiger partial charge on any atom is -0.441 e. The number of carbonyl (C=O) groups is 2. The average Bonchev–Trinajstić information content (AvgIpc) is 2.92. The van der Waals surface area contributed by atoms with Gasteiger partial charge in [-0.25, -0.2) is 4.79 Å². The summed E-state index contributed by atoms with van der Waals surface area (Å²) in [4.78, 5) is 28.2. The van der Waals surface area contributed by atoms with Crippen LogP contribution >= 0.6 is 0 Å². The number of nitrogens with zero attached hydrogens (tertiary/aromatic N) is 4. The smallest absolute Gasteiger partial charge is 0.410 e. The second kappa shape index (κ2) is 6.75. The Morgan fingerprint density at radius 1 is 1.42 bits per heavy atom. The molecule has 7 heteroatoms. The number of hydrogen-bond acceptors (Lipinski definition) is 5. The van der Waals surface area contributed by atoms with Crippen LogP contribution in [0.4, 0.5) is 4.79 Å². The van der Waals surface area contributed by atoms with Crippen molar-refractivity contribution in [2.45, 2.75) is 51.2 Å². The standard InChI is InChI=1S/C17H24N4O3/c1-3-5-13(2)21-12-17(24-16(21)23)7-10-20(11-8-17)15(22)14-6-4-9-18-19-14/h4,6,9,13H,3,5,7-8,10-12H2,1-2H3. The molecule has 7 nitrogen and oxygen atoms in total. The van der Waals surface area contributed by atoms with E-state index in [4.69, 9.17) is 4.74 Å². The average molecular weight is 332 g/mol. The number of carbonyl (C=O) groups excluding carboxylic acids is 2. The van der Waals surface area contributed by atoms with Gasteiger partial charge in [0.15, 0.2) is 5.69 Å². The minimum atomic E-state index is -0.446. The van der Waals surface area contributed by atoms with E-state index < -0.39 is 5.60 Å². The molecule has 0 aliphatic carbocycles. The van der Waals surface area contributed by atoms with E-state index >= 15 is 0 Å². The van der Waals surface area contributed by atoms with Crippen molar-refractivity contribution in [1.29, 1.82) is 0 Å². The first-order valence-electron chi connectivity index (χ1n) is 8.61. The fraction of sp³-hybridized carbons (Fsp3) is 0.647. The van der Waals surface area contributed by atoms with Gasteiger partial charge >= 0.3 is 6.09 Å². The molecule has 130 valence electrons. The molecule has 2 saturated heterocycles. The second-order valence-corrected chi connectivity index (χ2v) is 6.72. The maximum absolute atomic E-state index is 12.4. The highest BCUT2D eigenvalue weighted by atomic mass is 16.6. The Kier molecular flexibility index (Phi) is 4.69. The highest BCUT2D eigenvalue weighted by Gasteiger charge is 2.48. The van der Waals surface area contributed by atoms with E-state index in [2.05, 4.69) is 24.0 Å². The molecule has 2 aliphatic heterocycles. The number of amides is 2. The molecule has 0 N–H and O–H groups in total. The van der Waals surface area contributed by atoms with Gasteiger partial charge in [-0.15, -0.1) is 5.10 Å². The molecule has 0 radical (unpaired) electrons. The van der Waals surface area contributed by atoms with Crippen LogP contribution in [-0.2, 0) is 4.74 Å². The van der Waals surface area contributed by atoms with Gasteiger partial charge in [0.25, 0.3) is 5.91 Å². The van der Waals surface area contributed by atoms with Crippen LogP contribution in [0.5, 0.6) is 0 Å². The molecule has 1 unspecified atom stereocenters. The van der Waals surface area contributed by atoms with Gasteiger partial charge in [-0.05, 0) is 25.5 Å². The minimum absolute atomic E-state index is 0.113. The molecule has 0 bridgehead atoms. The van der Waals surface area contributed by atoms with Crippen LogP contribution in [0.3, 0.4) is 0 Å². The van der Waals surface area contributed by atoms with E-state index in [0.717, 1.165) is 12.8 Å². The first-order chi connectivity index (χ1) is 11.5. The van der Waals surface area contributed by atoms with Crippen molar-refractivity contribution in [2.24, 2.45) is 0 Å². The molecule has 1 atom stereocenters. The van der Waals surface area contributed by atoms with Gasteiger partial charge in [0.1, 0.15) is 5.60 Å². The summed E-state index contributed by atoms with van der Waals surface area (Å²) in [6.07, 6.45) is 4.68. The predicted molar refractivity (Wildman–Crippen MR) is 87.5 cm³/mol.